The van der Waals surface area contributed by atoms with Gasteiger partial charge in [0.05, 0.1) is 6.10 Å². The number of ether oxygens (including phenoxy) is 1. The van der Waals surface area contributed by atoms with Gasteiger partial charge in [-0.25, -0.2) is 0 Å². The number of benzene rings is 1. The third kappa shape index (κ3) is 7.93. The molecular formula is C28H38FNO. The topological polar surface area (TPSA) is 33.0 Å². The highest BCUT2D eigenvalue weighted by Gasteiger charge is 2.25. The summed E-state index contributed by atoms with van der Waals surface area (Å²) in [6, 6.07) is 10.9. The minimum atomic E-state index is -0.725. The average Bonchev–Trinajstić information content (AvgIpc) is 2.83. The van der Waals surface area contributed by atoms with Crippen LogP contribution in [0.2, 0.25) is 0 Å². The van der Waals surface area contributed by atoms with E-state index < -0.39 is 5.83 Å². The molecule has 2 aliphatic carbocycles. The summed E-state index contributed by atoms with van der Waals surface area (Å²) in [7, 11) is 0. The molecule has 3 heteroatoms. The highest BCUT2D eigenvalue weighted by Crippen LogP contribution is 2.35. The van der Waals surface area contributed by atoms with Crippen LogP contribution >= 0.6 is 0 Å². The number of unbranched alkanes of at least 4 members (excludes halogenated alkanes) is 1. The number of rotatable bonds is 9. The van der Waals surface area contributed by atoms with E-state index in [2.05, 4.69) is 31.2 Å². The first kappa shape index (κ1) is 23.7. The zero-order chi connectivity index (χ0) is 21.9. The van der Waals surface area contributed by atoms with Crippen LogP contribution in [0.25, 0.3) is 0 Å². The van der Waals surface area contributed by atoms with E-state index in [9.17, 15) is 4.39 Å². The number of aryl methyl sites for hydroxylation is 1. The van der Waals surface area contributed by atoms with Crippen LogP contribution in [0, 0.1) is 23.2 Å². The Labute approximate surface area is 188 Å². The lowest BCUT2D eigenvalue weighted by Crippen LogP contribution is -2.25. The molecule has 0 aliphatic heterocycles. The summed E-state index contributed by atoms with van der Waals surface area (Å²) in [5.41, 5.74) is 2.98. The first-order valence-electron chi connectivity index (χ1n) is 12.3. The summed E-state index contributed by atoms with van der Waals surface area (Å²) in [6.45, 7) is 3.14. The maximum absolute atomic E-state index is 12.8. The second-order valence-electron chi connectivity index (χ2n) is 9.44. The standard InChI is InChI=1S/C28H38FNO/c1-2-3-5-22-12-14-25(15-13-22)26-16-18-28(19-17-26)31-21-24-10-8-23(9-11-24)6-4-7-27(29)20-30/h4,6-7,12-15,23-24,26,28H,2-3,5,8-11,16-19,21H2,1H3. The van der Waals surface area contributed by atoms with E-state index in [-0.39, 0.29) is 0 Å². The lowest BCUT2D eigenvalue weighted by molar-refractivity contribution is -0.00337. The number of halogens is 1. The van der Waals surface area contributed by atoms with Crippen molar-refractivity contribution in [3.63, 3.8) is 0 Å². The van der Waals surface area contributed by atoms with Crippen molar-refractivity contribution in [2.24, 2.45) is 11.8 Å². The highest BCUT2D eigenvalue weighted by molar-refractivity contribution is 5.26. The second-order valence-corrected chi connectivity index (χ2v) is 9.44. The van der Waals surface area contributed by atoms with E-state index in [0.29, 0.717) is 23.9 Å². The van der Waals surface area contributed by atoms with Crippen molar-refractivity contribution in [3.8, 4) is 6.07 Å². The number of allylic oxidation sites excluding steroid dienone is 4. The molecular weight excluding hydrogens is 385 g/mol. The minimum absolute atomic E-state index is 0.428. The van der Waals surface area contributed by atoms with Gasteiger partial charge in [0.1, 0.15) is 6.07 Å². The zero-order valence-corrected chi connectivity index (χ0v) is 19.1. The van der Waals surface area contributed by atoms with Gasteiger partial charge in [0.15, 0.2) is 5.83 Å². The Kier molecular flexibility index (Phi) is 9.82. The van der Waals surface area contributed by atoms with Gasteiger partial charge in [0.25, 0.3) is 0 Å². The Morgan fingerprint density at radius 1 is 1.06 bits per heavy atom. The third-order valence-electron chi connectivity index (χ3n) is 7.14. The molecule has 0 N–H and O–H groups in total. The van der Waals surface area contributed by atoms with Crippen molar-refractivity contribution in [1.29, 1.82) is 5.26 Å². The molecule has 168 valence electrons. The largest absolute Gasteiger partial charge is 0.378 e. The lowest BCUT2D eigenvalue weighted by atomic mass is 9.81. The quantitative estimate of drug-likeness (QED) is 0.300. The molecule has 2 nitrogen and oxygen atoms in total. The molecule has 1 aromatic rings. The molecule has 0 bridgehead atoms. The molecule has 0 saturated heterocycles. The van der Waals surface area contributed by atoms with Crippen molar-refractivity contribution < 1.29 is 9.13 Å². The van der Waals surface area contributed by atoms with Crippen molar-refractivity contribution in [1.82, 2.24) is 0 Å². The van der Waals surface area contributed by atoms with E-state index in [0.717, 1.165) is 19.4 Å². The SMILES string of the molecule is CCCCc1ccc(C2CCC(OCC3CCC(C=CC=C(F)C#N)CC3)CC2)cc1. The molecule has 0 atom stereocenters. The van der Waals surface area contributed by atoms with Crippen LogP contribution in [-0.2, 0) is 11.2 Å². The fourth-order valence-corrected chi connectivity index (χ4v) is 5.05. The van der Waals surface area contributed by atoms with Crippen molar-refractivity contribution in [3.05, 3.63) is 59.4 Å². The van der Waals surface area contributed by atoms with Gasteiger partial charge in [0.2, 0.25) is 0 Å². The van der Waals surface area contributed by atoms with Gasteiger partial charge in [-0.15, -0.1) is 0 Å². The van der Waals surface area contributed by atoms with E-state index in [1.54, 1.807) is 6.08 Å². The number of hydrogen-bond donors (Lipinski definition) is 0. The number of hydrogen-bond acceptors (Lipinski definition) is 2. The monoisotopic (exact) mass is 423 g/mol. The molecule has 0 aromatic heterocycles. The molecule has 0 heterocycles. The second kappa shape index (κ2) is 12.8. The molecule has 0 amide bonds. The zero-order valence-electron chi connectivity index (χ0n) is 19.1. The summed E-state index contributed by atoms with van der Waals surface area (Å²) in [5.74, 6) is 1.13. The van der Waals surface area contributed by atoms with Crippen LogP contribution < -0.4 is 0 Å². The average molecular weight is 424 g/mol. The molecule has 0 radical (unpaired) electrons. The first-order chi connectivity index (χ1) is 15.2. The maximum Gasteiger partial charge on any atom is 0.199 e. The molecule has 0 unspecified atom stereocenters. The predicted molar refractivity (Wildman–Crippen MR) is 125 cm³/mol. The van der Waals surface area contributed by atoms with Crippen molar-refractivity contribution >= 4 is 0 Å². The van der Waals surface area contributed by atoms with E-state index in [1.165, 1.54) is 81.1 Å². The van der Waals surface area contributed by atoms with Crippen LogP contribution in [0.4, 0.5) is 4.39 Å². The lowest BCUT2D eigenvalue weighted by Gasteiger charge is -2.32. The summed E-state index contributed by atoms with van der Waals surface area (Å²) < 4.78 is 19.2. The number of nitriles is 1. The van der Waals surface area contributed by atoms with Gasteiger partial charge >= 0.3 is 0 Å². The van der Waals surface area contributed by atoms with E-state index in [1.807, 2.05) is 6.08 Å². The van der Waals surface area contributed by atoms with Crippen molar-refractivity contribution in [2.45, 2.75) is 89.6 Å². The van der Waals surface area contributed by atoms with Gasteiger partial charge in [-0.05, 0) is 99.2 Å². The summed E-state index contributed by atoms with van der Waals surface area (Å²) in [4.78, 5) is 0. The Balaban J connectivity index is 1.32. The molecule has 2 fully saturated rings. The van der Waals surface area contributed by atoms with Crippen LogP contribution in [0.1, 0.15) is 88.2 Å². The fraction of sp³-hybridized carbons (Fsp3) is 0.607. The molecule has 1 aromatic carbocycles. The molecule has 3 rings (SSSR count). The van der Waals surface area contributed by atoms with Gasteiger partial charge in [-0.1, -0.05) is 49.8 Å². The van der Waals surface area contributed by atoms with Gasteiger partial charge in [0, 0.05) is 6.61 Å². The number of nitrogens with zero attached hydrogens (tertiary/aromatic N) is 1. The first-order valence-corrected chi connectivity index (χ1v) is 12.3. The Bertz CT molecular complexity index is 744. The fourth-order valence-electron chi connectivity index (χ4n) is 5.05. The van der Waals surface area contributed by atoms with Crippen LogP contribution in [-0.4, -0.2) is 12.7 Å². The summed E-state index contributed by atoms with van der Waals surface area (Å²) in [6.07, 6.45) is 18.6. The van der Waals surface area contributed by atoms with E-state index in [4.69, 9.17) is 10.00 Å². The Morgan fingerprint density at radius 3 is 2.42 bits per heavy atom. The third-order valence-corrected chi connectivity index (χ3v) is 7.14. The molecule has 2 saturated carbocycles. The predicted octanol–water partition coefficient (Wildman–Crippen LogP) is 7.81. The van der Waals surface area contributed by atoms with Gasteiger partial charge in [-0.2, -0.15) is 9.65 Å². The van der Waals surface area contributed by atoms with Gasteiger partial charge < -0.3 is 4.74 Å². The summed E-state index contributed by atoms with van der Waals surface area (Å²) in [5, 5.41) is 8.44. The summed E-state index contributed by atoms with van der Waals surface area (Å²) >= 11 is 0. The van der Waals surface area contributed by atoms with Crippen LogP contribution in [0.3, 0.4) is 0 Å². The maximum atomic E-state index is 12.8. The Hall–Kier alpha value is -1.92. The van der Waals surface area contributed by atoms with Crippen LogP contribution in [0.5, 0.6) is 0 Å². The van der Waals surface area contributed by atoms with Crippen LogP contribution in [0.15, 0.2) is 48.3 Å². The van der Waals surface area contributed by atoms with E-state index >= 15 is 0 Å². The Morgan fingerprint density at radius 2 is 1.77 bits per heavy atom. The molecule has 2 aliphatic rings. The molecule has 0 spiro atoms. The van der Waals surface area contributed by atoms with Crippen molar-refractivity contribution in [2.75, 3.05) is 6.61 Å². The van der Waals surface area contributed by atoms with Gasteiger partial charge in [-0.3, -0.25) is 0 Å². The smallest absolute Gasteiger partial charge is 0.199 e. The molecule has 31 heavy (non-hydrogen) atoms. The normalized spacial score (nSPS) is 27.3. The minimum Gasteiger partial charge on any atom is -0.378 e. The highest BCUT2D eigenvalue weighted by atomic mass is 19.1.